The second-order valence-corrected chi connectivity index (χ2v) is 6.76. The monoisotopic (exact) mass is 383 g/mol. The molecule has 0 aliphatic heterocycles. The molecule has 1 N–H and O–H groups in total. The van der Waals surface area contributed by atoms with Crippen molar-refractivity contribution in [2.75, 3.05) is 0 Å². The molecule has 3 aromatic carbocycles. The third-order valence-electron chi connectivity index (χ3n) is 4.81. The van der Waals surface area contributed by atoms with Gasteiger partial charge in [0.15, 0.2) is 0 Å². The minimum absolute atomic E-state index is 0.140. The normalized spacial score (nSPS) is 11.9. The van der Waals surface area contributed by atoms with Gasteiger partial charge in [0.25, 0.3) is 0 Å². The van der Waals surface area contributed by atoms with Crippen LogP contribution in [0.3, 0.4) is 0 Å². The third kappa shape index (κ3) is 4.55. The van der Waals surface area contributed by atoms with Gasteiger partial charge < -0.3 is 5.32 Å². The van der Waals surface area contributed by atoms with Crippen molar-refractivity contribution in [3.8, 4) is 0 Å². The first-order chi connectivity index (χ1) is 14.3. The average molecular weight is 383 g/mol. The van der Waals surface area contributed by atoms with Crippen molar-refractivity contribution < 1.29 is 4.79 Å². The molecule has 6 heteroatoms. The molecular formula is C23H21N5O. The third-order valence-corrected chi connectivity index (χ3v) is 4.81. The summed E-state index contributed by atoms with van der Waals surface area (Å²) in [7, 11) is 0. The van der Waals surface area contributed by atoms with E-state index in [2.05, 4.69) is 20.8 Å². The maximum absolute atomic E-state index is 13.4. The number of tetrazole rings is 1. The lowest BCUT2D eigenvalue weighted by molar-refractivity contribution is -0.125. The minimum atomic E-state index is -0.553. The van der Waals surface area contributed by atoms with Crippen molar-refractivity contribution in [1.82, 2.24) is 25.5 Å². The van der Waals surface area contributed by atoms with Gasteiger partial charge in [0.05, 0.1) is 6.04 Å². The van der Waals surface area contributed by atoms with Gasteiger partial charge in [0.2, 0.25) is 5.91 Å². The minimum Gasteiger partial charge on any atom is -0.343 e. The number of carbonyl (C=O) groups excluding carboxylic acids is 1. The number of carbonyl (C=O) groups is 1. The Bertz CT molecular complexity index is 981. The summed E-state index contributed by atoms with van der Waals surface area (Å²) in [6.07, 6.45) is 1.97. The fraction of sp³-hybridized carbons (Fsp3) is 0.130. The van der Waals surface area contributed by atoms with Crippen LogP contribution >= 0.6 is 0 Å². The SMILES string of the molecule is O=C(NC(c1ccccc1)c1ccccc1)C(Cc1ccccc1)n1cnnn1. The number of nitrogens with one attached hydrogen (secondary N) is 1. The number of rotatable bonds is 7. The van der Waals surface area contributed by atoms with Crippen LogP contribution in [0.25, 0.3) is 0 Å². The molecule has 29 heavy (non-hydrogen) atoms. The van der Waals surface area contributed by atoms with Gasteiger partial charge >= 0.3 is 0 Å². The van der Waals surface area contributed by atoms with E-state index in [9.17, 15) is 4.79 Å². The van der Waals surface area contributed by atoms with Crippen LogP contribution in [0.4, 0.5) is 0 Å². The zero-order valence-electron chi connectivity index (χ0n) is 15.8. The van der Waals surface area contributed by atoms with Gasteiger partial charge in [0.1, 0.15) is 12.4 Å². The fourth-order valence-electron chi connectivity index (χ4n) is 3.34. The van der Waals surface area contributed by atoms with Crippen LogP contribution in [0.1, 0.15) is 28.8 Å². The molecule has 1 aromatic heterocycles. The average Bonchev–Trinajstić information content (AvgIpc) is 3.32. The topological polar surface area (TPSA) is 72.7 Å². The maximum atomic E-state index is 13.4. The quantitative estimate of drug-likeness (QED) is 0.531. The molecule has 1 amide bonds. The molecular weight excluding hydrogens is 362 g/mol. The highest BCUT2D eigenvalue weighted by molar-refractivity contribution is 5.81. The lowest BCUT2D eigenvalue weighted by Crippen LogP contribution is -2.37. The number of nitrogens with zero attached hydrogens (tertiary/aromatic N) is 4. The molecule has 0 radical (unpaired) electrons. The van der Waals surface area contributed by atoms with Gasteiger partial charge in [-0.3, -0.25) is 4.79 Å². The van der Waals surface area contributed by atoms with Crippen LogP contribution in [-0.2, 0) is 11.2 Å². The molecule has 4 rings (SSSR count). The second-order valence-electron chi connectivity index (χ2n) is 6.76. The molecule has 144 valence electrons. The first kappa shape index (κ1) is 18.6. The largest absolute Gasteiger partial charge is 0.343 e. The summed E-state index contributed by atoms with van der Waals surface area (Å²) in [5.74, 6) is -0.140. The number of benzene rings is 3. The molecule has 0 fully saturated rings. The van der Waals surface area contributed by atoms with Crippen LogP contribution in [0, 0.1) is 0 Å². The van der Waals surface area contributed by atoms with Crippen molar-refractivity contribution in [1.29, 1.82) is 0 Å². The number of aromatic nitrogens is 4. The van der Waals surface area contributed by atoms with E-state index >= 15 is 0 Å². The van der Waals surface area contributed by atoms with E-state index in [0.29, 0.717) is 6.42 Å². The van der Waals surface area contributed by atoms with E-state index in [0.717, 1.165) is 16.7 Å². The van der Waals surface area contributed by atoms with Gasteiger partial charge in [-0.15, -0.1) is 5.10 Å². The smallest absolute Gasteiger partial charge is 0.246 e. The number of hydrogen-bond acceptors (Lipinski definition) is 4. The Balaban J connectivity index is 1.64. The summed E-state index contributed by atoms with van der Waals surface area (Å²) in [5, 5.41) is 14.6. The molecule has 0 aliphatic carbocycles. The summed E-state index contributed by atoms with van der Waals surface area (Å²) in [6, 6.07) is 28.9. The standard InChI is InChI=1S/C23H21N5O/c29-23(21(28-17-24-26-27-28)16-18-10-4-1-5-11-18)25-22(19-12-6-2-7-13-19)20-14-8-3-9-15-20/h1-15,17,21-22H,16H2,(H,25,29). The Kier molecular flexibility index (Phi) is 5.71. The molecule has 1 unspecified atom stereocenters. The van der Waals surface area contributed by atoms with Crippen molar-refractivity contribution in [2.24, 2.45) is 0 Å². The highest BCUT2D eigenvalue weighted by atomic mass is 16.2. The number of amides is 1. The second kappa shape index (κ2) is 8.93. The van der Waals surface area contributed by atoms with Crippen molar-refractivity contribution in [3.63, 3.8) is 0 Å². The lowest BCUT2D eigenvalue weighted by Gasteiger charge is -2.23. The summed E-state index contributed by atoms with van der Waals surface area (Å²) in [6.45, 7) is 0. The molecule has 1 atom stereocenters. The van der Waals surface area contributed by atoms with Gasteiger partial charge in [-0.2, -0.15) is 0 Å². The van der Waals surface area contributed by atoms with Gasteiger partial charge in [-0.05, 0) is 27.1 Å². The molecule has 0 spiro atoms. The Morgan fingerprint density at radius 3 is 1.90 bits per heavy atom. The molecule has 0 bridgehead atoms. The molecule has 4 aromatic rings. The van der Waals surface area contributed by atoms with Crippen molar-refractivity contribution in [3.05, 3.63) is 114 Å². The molecule has 0 aliphatic rings. The van der Waals surface area contributed by atoms with E-state index in [1.807, 2.05) is 91.0 Å². The Labute approximate surface area is 169 Å². The van der Waals surface area contributed by atoms with E-state index in [1.165, 1.54) is 11.0 Å². The van der Waals surface area contributed by atoms with E-state index in [-0.39, 0.29) is 11.9 Å². The Hall–Kier alpha value is -3.80. The molecule has 1 heterocycles. The van der Waals surface area contributed by atoms with Crippen molar-refractivity contribution in [2.45, 2.75) is 18.5 Å². The highest BCUT2D eigenvalue weighted by Crippen LogP contribution is 2.23. The summed E-state index contributed by atoms with van der Waals surface area (Å²) >= 11 is 0. The van der Waals surface area contributed by atoms with Crippen LogP contribution in [0.5, 0.6) is 0 Å². The predicted molar refractivity (Wildman–Crippen MR) is 110 cm³/mol. The van der Waals surface area contributed by atoms with Crippen LogP contribution in [0.2, 0.25) is 0 Å². The van der Waals surface area contributed by atoms with Gasteiger partial charge in [-0.1, -0.05) is 91.0 Å². The van der Waals surface area contributed by atoms with E-state index in [1.54, 1.807) is 0 Å². The molecule has 6 nitrogen and oxygen atoms in total. The van der Waals surface area contributed by atoms with Gasteiger partial charge in [-0.25, -0.2) is 4.68 Å². The maximum Gasteiger partial charge on any atom is 0.246 e. The number of hydrogen-bond donors (Lipinski definition) is 1. The summed E-state index contributed by atoms with van der Waals surface area (Å²) in [4.78, 5) is 13.4. The molecule has 0 saturated carbocycles. The first-order valence-electron chi connectivity index (χ1n) is 9.48. The lowest BCUT2D eigenvalue weighted by atomic mass is 9.97. The Morgan fingerprint density at radius 2 is 1.38 bits per heavy atom. The molecule has 0 saturated heterocycles. The van der Waals surface area contributed by atoms with E-state index in [4.69, 9.17) is 0 Å². The first-order valence-corrected chi connectivity index (χ1v) is 9.48. The van der Waals surface area contributed by atoms with Crippen molar-refractivity contribution >= 4 is 5.91 Å². The predicted octanol–water partition coefficient (Wildman–Crippen LogP) is 3.36. The fourth-order valence-corrected chi connectivity index (χ4v) is 3.34. The highest BCUT2D eigenvalue weighted by Gasteiger charge is 2.26. The van der Waals surface area contributed by atoms with Gasteiger partial charge in [0, 0.05) is 6.42 Å². The Morgan fingerprint density at radius 1 is 0.828 bits per heavy atom. The van der Waals surface area contributed by atoms with Crippen LogP contribution in [0.15, 0.2) is 97.3 Å². The van der Waals surface area contributed by atoms with Crippen LogP contribution in [-0.4, -0.2) is 26.1 Å². The summed E-state index contributed by atoms with van der Waals surface area (Å²) in [5.41, 5.74) is 3.07. The summed E-state index contributed by atoms with van der Waals surface area (Å²) < 4.78 is 1.51. The van der Waals surface area contributed by atoms with Crippen LogP contribution < -0.4 is 5.32 Å². The zero-order chi connectivity index (χ0) is 19.9. The van der Waals surface area contributed by atoms with E-state index < -0.39 is 6.04 Å². The zero-order valence-corrected chi connectivity index (χ0v) is 15.8.